The second kappa shape index (κ2) is 8.48. The summed E-state index contributed by atoms with van der Waals surface area (Å²) in [5.74, 6) is -0.947. The number of hydrogen-bond donors (Lipinski definition) is 0. The van der Waals surface area contributed by atoms with Gasteiger partial charge in [-0.2, -0.15) is 8.78 Å². The molecule has 3 rings (SSSR count). The highest BCUT2D eigenvalue weighted by atomic mass is 35.5. The average molecular weight is 407 g/mol. The summed E-state index contributed by atoms with van der Waals surface area (Å²) in [7, 11) is 0. The Morgan fingerprint density at radius 2 is 1.79 bits per heavy atom. The minimum absolute atomic E-state index is 0.0476. The lowest BCUT2D eigenvalue weighted by Gasteiger charge is -2.15. The molecular formula is C20H17ClF2N2O3. The number of rotatable bonds is 7. The first-order valence-electron chi connectivity index (χ1n) is 8.60. The van der Waals surface area contributed by atoms with Gasteiger partial charge >= 0.3 is 12.5 Å². The summed E-state index contributed by atoms with van der Waals surface area (Å²) in [6.45, 7) is -1.35. The molecule has 0 fully saturated rings. The smallest absolute Gasteiger partial charge is 0.320 e. The third-order valence-electron chi connectivity index (χ3n) is 4.21. The normalized spacial score (nSPS) is 12.3. The van der Waals surface area contributed by atoms with E-state index in [2.05, 4.69) is 4.98 Å². The number of Topliss-reactive ketones (excluding diaryl/α,β-unsaturated/α-hetero) is 1. The Hall–Kier alpha value is -2.80. The van der Waals surface area contributed by atoms with Gasteiger partial charge in [-0.05, 0) is 43.3 Å². The molecule has 1 atom stereocenters. The number of carbonyl (C=O) groups excluding carboxylic acids is 2. The van der Waals surface area contributed by atoms with Crippen LogP contribution >= 0.6 is 11.6 Å². The first-order valence-corrected chi connectivity index (χ1v) is 8.98. The third-order valence-corrected chi connectivity index (χ3v) is 4.46. The van der Waals surface area contributed by atoms with E-state index in [0.29, 0.717) is 16.1 Å². The van der Waals surface area contributed by atoms with Crippen LogP contribution in [0.2, 0.25) is 5.02 Å². The number of para-hydroxylation sites is 2. The van der Waals surface area contributed by atoms with Gasteiger partial charge in [-0.15, -0.1) is 0 Å². The Kier molecular flexibility index (Phi) is 6.04. The van der Waals surface area contributed by atoms with Gasteiger partial charge in [-0.25, -0.2) is 4.98 Å². The van der Waals surface area contributed by atoms with Crippen LogP contribution in [0.25, 0.3) is 11.0 Å². The van der Waals surface area contributed by atoms with Crippen LogP contribution in [0.5, 0.6) is 0 Å². The van der Waals surface area contributed by atoms with E-state index in [-0.39, 0.29) is 30.0 Å². The van der Waals surface area contributed by atoms with Crippen molar-refractivity contribution in [1.82, 2.24) is 9.55 Å². The van der Waals surface area contributed by atoms with Crippen LogP contribution in [0.1, 0.15) is 48.6 Å². The van der Waals surface area contributed by atoms with Crippen LogP contribution in [0.15, 0.2) is 48.5 Å². The SMILES string of the molecule is CC(OC(=O)CCC(=O)c1ccc(Cl)cc1)c1nc2ccccc2n1C(F)F. The molecule has 1 unspecified atom stereocenters. The molecule has 3 aromatic rings. The molecule has 0 saturated heterocycles. The minimum atomic E-state index is -2.82. The molecule has 0 N–H and O–H groups in total. The van der Waals surface area contributed by atoms with Gasteiger partial charge in [0.25, 0.3) is 0 Å². The van der Waals surface area contributed by atoms with E-state index < -0.39 is 18.6 Å². The Morgan fingerprint density at radius 1 is 1.11 bits per heavy atom. The summed E-state index contributed by atoms with van der Waals surface area (Å²) in [5.41, 5.74) is 1.08. The molecule has 5 nitrogen and oxygen atoms in total. The molecule has 0 saturated carbocycles. The fraction of sp³-hybridized carbons (Fsp3) is 0.250. The third kappa shape index (κ3) is 4.36. The number of halogens is 3. The van der Waals surface area contributed by atoms with Gasteiger partial charge in [0, 0.05) is 17.0 Å². The van der Waals surface area contributed by atoms with Crippen LogP contribution in [-0.2, 0) is 9.53 Å². The molecule has 0 bridgehead atoms. The second-order valence-corrected chi connectivity index (χ2v) is 6.60. The lowest BCUT2D eigenvalue weighted by atomic mass is 10.1. The monoisotopic (exact) mass is 406 g/mol. The maximum Gasteiger partial charge on any atom is 0.320 e. The summed E-state index contributed by atoms with van der Waals surface area (Å²) in [6.07, 6.45) is -1.21. The maximum absolute atomic E-state index is 13.5. The molecule has 146 valence electrons. The molecular weight excluding hydrogens is 390 g/mol. The highest BCUT2D eigenvalue weighted by Gasteiger charge is 2.24. The van der Waals surface area contributed by atoms with Crippen molar-refractivity contribution in [2.45, 2.75) is 32.4 Å². The number of nitrogens with zero attached hydrogens (tertiary/aromatic N) is 2. The number of esters is 1. The van der Waals surface area contributed by atoms with Crippen molar-refractivity contribution in [3.63, 3.8) is 0 Å². The van der Waals surface area contributed by atoms with Crippen molar-refractivity contribution in [3.8, 4) is 0 Å². The zero-order chi connectivity index (χ0) is 20.3. The zero-order valence-electron chi connectivity index (χ0n) is 14.9. The van der Waals surface area contributed by atoms with Crippen molar-refractivity contribution in [1.29, 1.82) is 0 Å². The molecule has 0 aliphatic rings. The fourth-order valence-electron chi connectivity index (χ4n) is 2.86. The Labute approximate surface area is 164 Å². The number of carbonyl (C=O) groups is 2. The predicted octanol–water partition coefficient (Wildman–Crippen LogP) is 5.35. The Balaban J connectivity index is 1.66. The fourth-order valence-corrected chi connectivity index (χ4v) is 2.99. The minimum Gasteiger partial charge on any atom is -0.454 e. The van der Waals surface area contributed by atoms with E-state index in [9.17, 15) is 18.4 Å². The average Bonchev–Trinajstić information content (AvgIpc) is 3.06. The van der Waals surface area contributed by atoms with E-state index >= 15 is 0 Å². The largest absolute Gasteiger partial charge is 0.454 e. The van der Waals surface area contributed by atoms with Gasteiger partial charge in [0.1, 0.15) is 0 Å². The molecule has 2 aromatic carbocycles. The lowest BCUT2D eigenvalue weighted by molar-refractivity contribution is -0.149. The number of fused-ring (bicyclic) bond motifs is 1. The first kappa shape index (κ1) is 19.9. The Bertz CT molecular complexity index is 1000. The summed E-state index contributed by atoms with van der Waals surface area (Å²) >= 11 is 5.78. The van der Waals surface area contributed by atoms with Crippen molar-refractivity contribution in [3.05, 3.63) is 64.9 Å². The molecule has 0 radical (unpaired) electrons. The van der Waals surface area contributed by atoms with Crippen LogP contribution in [-0.4, -0.2) is 21.3 Å². The highest BCUT2D eigenvalue weighted by Crippen LogP contribution is 2.28. The molecule has 28 heavy (non-hydrogen) atoms. The second-order valence-electron chi connectivity index (χ2n) is 6.17. The lowest BCUT2D eigenvalue weighted by Crippen LogP contribution is -2.15. The molecule has 0 amide bonds. The van der Waals surface area contributed by atoms with E-state index in [0.717, 1.165) is 4.57 Å². The predicted molar refractivity (Wildman–Crippen MR) is 101 cm³/mol. The number of alkyl halides is 2. The summed E-state index contributed by atoms with van der Waals surface area (Å²) < 4.78 is 32.9. The van der Waals surface area contributed by atoms with Gasteiger partial charge in [-0.1, -0.05) is 23.7 Å². The van der Waals surface area contributed by atoms with Crippen LogP contribution in [0, 0.1) is 0 Å². The molecule has 1 aromatic heterocycles. The molecule has 1 heterocycles. The maximum atomic E-state index is 13.5. The topological polar surface area (TPSA) is 61.2 Å². The van der Waals surface area contributed by atoms with Crippen LogP contribution in [0.3, 0.4) is 0 Å². The van der Waals surface area contributed by atoms with Gasteiger partial charge in [0.15, 0.2) is 17.7 Å². The number of ether oxygens (including phenoxy) is 1. The van der Waals surface area contributed by atoms with Gasteiger partial charge in [-0.3, -0.25) is 14.2 Å². The van der Waals surface area contributed by atoms with E-state index in [1.165, 1.54) is 13.0 Å². The molecule has 0 aliphatic carbocycles. The van der Waals surface area contributed by atoms with Crippen molar-refractivity contribution >= 4 is 34.4 Å². The van der Waals surface area contributed by atoms with E-state index in [4.69, 9.17) is 16.3 Å². The summed E-state index contributed by atoms with van der Waals surface area (Å²) in [5, 5.41) is 0.506. The number of imidazole rings is 1. The molecule has 0 spiro atoms. The van der Waals surface area contributed by atoms with E-state index in [1.54, 1.807) is 42.5 Å². The number of benzene rings is 2. The highest BCUT2D eigenvalue weighted by molar-refractivity contribution is 6.30. The Morgan fingerprint density at radius 3 is 2.46 bits per heavy atom. The van der Waals surface area contributed by atoms with Crippen molar-refractivity contribution in [2.24, 2.45) is 0 Å². The molecule has 8 heteroatoms. The first-order chi connectivity index (χ1) is 13.4. The van der Waals surface area contributed by atoms with E-state index in [1.807, 2.05) is 0 Å². The summed E-state index contributed by atoms with van der Waals surface area (Å²) in [6, 6.07) is 12.8. The quantitative estimate of drug-likeness (QED) is 0.392. The van der Waals surface area contributed by atoms with Gasteiger partial charge in [0.05, 0.1) is 17.5 Å². The van der Waals surface area contributed by atoms with Crippen molar-refractivity contribution in [2.75, 3.05) is 0 Å². The number of hydrogen-bond acceptors (Lipinski definition) is 4. The van der Waals surface area contributed by atoms with Crippen LogP contribution in [0.4, 0.5) is 8.78 Å². The number of aromatic nitrogens is 2. The standard InChI is InChI=1S/C20H17ClF2N2O3/c1-12(19-24-15-4-2-3-5-16(15)25(19)20(22)23)28-18(27)11-10-17(26)13-6-8-14(21)9-7-13/h2-9,12,20H,10-11H2,1H3. The van der Waals surface area contributed by atoms with Gasteiger partial charge < -0.3 is 4.74 Å². The van der Waals surface area contributed by atoms with Gasteiger partial charge in [0.2, 0.25) is 0 Å². The van der Waals surface area contributed by atoms with Crippen LogP contribution < -0.4 is 0 Å². The van der Waals surface area contributed by atoms with Crippen molar-refractivity contribution < 1.29 is 23.1 Å². The zero-order valence-corrected chi connectivity index (χ0v) is 15.7. The number of ketones is 1. The summed E-state index contributed by atoms with van der Waals surface area (Å²) in [4.78, 5) is 28.4. The molecule has 0 aliphatic heterocycles.